The van der Waals surface area contributed by atoms with Crippen LogP contribution < -0.4 is 0 Å². The Kier molecular flexibility index (Phi) is 4.60. The second kappa shape index (κ2) is 6.62. The van der Waals surface area contributed by atoms with Crippen molar-refractivity contribution in [1.29, 1.82) is 0 Å². The molecule has 1 aliphatic heterocycles. The molecule has 112 valence electrons. The highest BCUT2D eigenvalue weighted by Gasteiger charge is 2.26. The van der Waals surface area contributed by atoms with Gasteiger partial charge in [-0.25, -0.2) is 9.97 Å². The maximum atomic E-state index is 12.3. The van der Waals surface area contributed by atoms with Gasteiger partial charge in [0.2, 0.25) is 5.91 Å². The maximum absolute atomic E-state index is 12.3. The molecule has 0 saturated carbocycles. The molecule has 0 aliphatic carbocycles. The molecule has 0 aromatic carbocycles. The van der Waals surface area contributed by atoms with Gasteiger partial charge in [0.15, 0.2) is 4.34 Å². The largest absolute Gasteiger partial charge is 0.348 e. The molecule has 1 amide bonds. The minimum atomic E-state index is 0.198. The van der Waals surface area contributed by atoms with Crippen molar-refractivity contribution in [2.24, 2.45) is 0 Å². The molecule has 21 heavy (non-hydrogen) atoms. The first-order valence-electron chi connectivity index (χ1n) is 7.04. The van der Waals surface area contributed by atoms with Crippen LogP contribution in [0.15, 0.2) is 22.1 Å². The molecule has 3 rings (SSSR count). The number of thiazole rings is 1. The van der Waals surface area contributed by atoms with Crippen LogP contribution in [0.25, 0.3) is 0 Å². The number of hydrogen-bond acceptors (Lipinski definition) is 5. The van der Waals surface area contributed by atoms with Crippen LogP contribution in [0, 0.1) is 6.92 Å². The molecule has 0 unspecified atom stereocenters. The lowest BCUT2D eigenvalue weighted by Gasteiger charge is -2.31. The molecule has 1 aliphatic rings. The number of aromatic amines is 1. The number of amides is 1. The number of nitrogens with zero attached hydrogens (tertiary/aromatic N) is 3. The van der Waals surface area contributed by atoms with Gasteiger partial charge in [0, 0.05) is 42.5 Å². The summed E-state index contributed by atoms with van der Waals surface area (Å²) in [5, 5.41) is 2.01. The number of aromatic nitrogens is 3. The van der Waals surface area contributed by atoms with E-state index in [1.165, 1.54) is 11.8 Å². The van der Waals surface area contributed by atoms with Gasteiger partial charge in [0.1, 0.15) is 5.82 Å². The van der Waals surface area contributed by atoms with Gasteiger partial charge in [-0.05, 0) is 19.8 Å². The zero-order valence-corrected chi connectivity index (χ0v) is 13.5. The highest BCUT2D eigenvalue weighted by atomic mass is 32.2. The van der Waals surface area contributed by atoms with Crippen molar-refractivity contribution in [1.82, 2.24) is 19.9 Å². The Balaban J connectivity index is 1.54. The first kappa shape index (κ1) is 14.6. The molecule has 7 heteroatoms. The molecular formula is C14H18N4OS2. The number of piperidine rings is 1. The van der Waals surface area contributed by atoms with Gasteiger partial charge in [0.05, 0.1) is 5.75 Å². The highest BCUT2D eigenvalue weighted by molar-refractivity contribution is 8.01. The third-order valence-corrected chi connectivity index (χ3v) is 5.72. The fourth-order valence-electron chi connectivity index (χ4n) is 2.54. The number of thioether (sulfide) groups is 1. The van der Waals surface area contributed by atoms with Crippen molar-refractivity contribution in [3.05, 3.63) is 29.3 Å². The fraction of sp³-hybridized carbons (Fsp3) is 0.500. The van der Waals surface area contributed by atoms with Crippen molar-refractivity contribution in [3.63, 3.8) is 0 Å². The van der Waals surface area contributed by atoms with Gasteiger partial charge in [-0.2, -0.15) is 0 Å². The predicted molar refractivity (Wildman–Crippen MR) is 84.7 cm³/mol. The minimum absolute atomic E-state index is 0.198. The second-order valence-corrected chi connectivity index (χ2v) is 7.28. The maximum Gasteiger partial charge on any atom is 0.233 e. The molecule has 1 atom stereocenters. The molecule has 2 aromatic heterocycles. The van der Waals surface area contributed by atoms with Crippen LogP contribution in [-0.2, 0) is 4.79 Å². The molecule has 1 N–H and O–H groups in total. The van der Waals surface area contributed by atoms with Gasteiger partial charge in [-0.1, -0.05) is 11.8 Å². The first-order chi connectivity index (χ1) is 10.2. The average Bonchev–Trinajstić information content (AvgIpc) is 3.16. The molecular weight excluding hydrogens is 304 g/mol. The van der Waals surface area contributed by atoms with E-state index in [-0.39, 0.29) is 5.91 Å². The number of carbonyl (C=O) groups is 1. The van der Waals surface area contributed by atoms with Crippen LogP contribution in [0.3, 0.4) is 0 Å². The Hall–Kier alpha value is -1.34. The van der Waals surface area contributed by atoms with E-state index in [4.69, 9.17) is 0 Å². The molecule has 0 spiro atoms. The van der Waals surface area contributed by atoms with E-state index in [1.807, 2.05) is 23.4 Å². The van der Waals surface area contributed by atoms with Crippen LogP contribution in [0.4, 0.5) is 0 Å². The summed E-state index contributed by atoms with van der Waals surface area (Å²) in [5.74, 6) is 2.00. The third-order valence-electron chi connectivity index (χ3n) is 3.60. The SMILES string of the molecule is Cc1csc(SCC(=O)N2CCC[C@H](c3ncc[nH]3)C2)n1. The number of likely N-dealkylation sites (tertiary alicyclic amines) is 1. The van der Waals surface area contributed by atoms with E-state index < -0.39 is 0 Å². The Morgan fingerprint density at radius 3 is 3.24 bits per heavy atom. The Labute approximate surface area is 132 Å². The van der Waals surface area contributed by atoms with Gasteiger partial charge < -0.3 is 9.88 Å². The average molecular weight is 322 g/mol. The lowest BCUT2D eigenvalue weighted by Crippen LogP contribution is -2.40. The van der Waals surface area contributed by atoms with Gasteiger partial charge in [-0.15, -0.1) is 11.3 Å². The first-order valence-corrected chi connectivity index (χ1v) is 8.91. The van der Waals surface area contributed by atoms with Crippen LogP contribution >= 0.6 is 23.1 Å². The van der Waals surface area contributed by atoms with Gasteiger partial charge >= 0.3 is 0 Å². The van der Waals surface area contributed by atoms with E-state index in [1.54, 1.807) is 17.5 Å². The topological polar surface area (TPSA) is 61.9 Å². The van der Waals surface area contributed by atoms with Crippen molar-refractivity contribution in [2.45, 2.75) is 30.0 Å². The summed E-state index contributed by atoms with van der Waals surface area (Å²) in [4.78, 5) is 26.2. The summed E-state index contributed by atoms with van der Waals surface area (Å²) in [5.41, 5.74) is 1.02. The number of nitrogens with one attached hydrogen (secondary N) is 1. The summed E-state index contributed by atoms with van der Waals surface area (Å²) < 4.78 is 0.973. The number of imidazole rings is 1. The Bertz CT molecular complexity index is 596. The molecule has 1 saturated heterocycles. The van der Waals surface area contributed by atoms with Crippen LogP contribution in [-0.4, -0.2) is 44.6 Å². The zero-order valence-electron chi connectivity index (χ0n) is 11.9. The summed E-state index contributed by atoms with van der Waals surface area (Å²) in [6, 6.07) is 0. The standard InChI is InChI=1S/C14H18N4OS2/c1-10-8-20-14(17-10)21-9-12(19)18-6-2-3-11(7-18)13-15-4-5-16-13/h4-5,8,11H,2-3,6-7,9H2,1H3,(H,15,16)/t11-/m0/s1. The Morgan fingerprint density at radius 2 is 2.52 bits per heavy atom. The monoisotopic (exact) mass is 322 g/mol. The number of hydrogen-bond donors (Lipinski definition) is 1. The predicted octanol–water partition coefficient (Wildman–Crippen LogP) is 2.67. The van der Waals surface area contributed by atoms with E-state index in [0.717, 1.165) is 41.8 Å². The molecule has 1 fully saturated rings. The molecule has 3 heterocycles. The summed E-state index contributed by atoms with van der Waals surface area (Å²) in [7, 11) is 0. The number of carbonyl (C=O) groups excluding carboxylic acids is 1. The number of H-pyrrole nitrogens is 1. The lowest BCUT2D eigenvalue weighted by atomic mass is 9.97. The minimum Gasteiger partial charge on any atom is -0.348 e. The molecule has 2 aromatic rings. The highest BCUT2D eigenvalue weighted by Crippen LogP contribution is 2.26. The lowest BCUT2D eigenvalue weighted by molar-refractivity contribution is -0.129. The quantitative estimate of drug-likeness (QED) is 0.879. The summed E-state index contributed by atoms with van der Waals surface area (Å²) in [6.45, 7) is 3.60. The third kappa shape index (κ3) is 3.65. The van der Waals surface area contributed by atoms with Crippen LogP contribution in [0.2, 0.25) is 0 Å². The van der Waals surface area contributed by atoms with E-state index in [2.05, 4.69) is 15.0 Å². The van der Waals surface area contributed by atoms with E-state index in [9.17, 15) is 4.79 Å². The zero-order chi connectivity index (χ0) is 14.7. The second-order valence-electron chi connectivity index (χ2n) is 5.20. The van der Waals surface area contributed by atoms with Crippen molar-refractivity contribution < 1.29 is 4.79 Å². The Morgan fingerprint density at radius 1 is 1.62 bits per heavy atom. The van der Waals surface area contributed by atoms with Crippen LogP contribution in [0.1, 0.15) is 30.3 Å². The van der Waals surface area contributed by atoms with Crippen molar-refractivity contribution in [2.75, 3.05) is 18.8 Å². The van der Waals surface area contributed by atoms with E-state index >= 15 is 0 Å². The normalized spacial score (nSPS) is 18.9. The summed E-state index contributed by atoms with van der Waals surface area (Å²) >= 11 is 3.14. The smallest absolute Gasteiger partial charge is 0.233 e. The van der Waals surface area contributed by atoms with E-state index in [0.29, 0.717) is 11.7 Å². The number of aryl methyl sites for hydroxylation is 1. The summed E-state index contributed by atoms with van der Waals surface area (Å²) in [6.07, 6.45) is 5.75. The van der Waals surface area contributed by atoms with Gasteiger partial charge in [0.25, 0.3) is 0 Å². The molecule has 5 nitrogen and oxygen atoms in total. The number of rotatable bonds is 4. The fourth-order valence-corrected chi connectivity index (χ4v) is 4.29. The molecule has 0 bridgehead atoms. The van der Waals surface area contributed by atoms with Crippen molar-refractivity contribution in [3.8, 4) is 0 Å². The van der Waals surface area contributed by atoms with Gasteiger partial charge in [-0.3, -0.25) is 4.79 Å². The van der Waals surface area contributed by atoms with Crippen LogP contribution in [0.5, 0.6) is 0 Å². The van der Waals surface area contributed by atoms with Crippen molar-refractivity contribution >= 4 is 29.0 Å². The molecule has 0 radical (unpaired) electrons.